The summed E-state index contributed by atoms with van der Waals surface area (Å²) >= 11 is 0. The Morgan fingerprint density at radius 3 is 2.67 bits per heavy atom. The summed E-state index contributed by atoms with van der Waals surface area (Å²) in [5.41, 5.74) is 12.0. The van der Waals surface area contributed by atoms with E-state index in [-0.39, 0.29) is 43.3 Å². The summed E-state index contributed by atoms with van der Waals surface area (Å²) in [6, 6.07) is -0.0507. The Balaban J connectivity index is 1.90. The summed E-state index contributed by atoms with van der Waals surface area (Å²) < 4.78 is 16.9. The van der Waals surface area contributed by atoms with Gasteiger partial charge in [-0.05, 0) is 19.3 Å². The van der Waals surface area contributed by atoms with E-state index in [2.05, 4.69) is 0 Å². The second kappa shape index (κ2) is 6.27. The van der Waals surface area contributed by atoms with Crippen molar-refractivity contribution in [3.63, 3.8) is 0 Å². The Hall–Kier alpha value is -0.240. The highest BCUT2D eigenvalue weighted by molar-refractivity contribution is 4.92. The van der Waals surface area contributed by atoms with Gasteiger partial charge in [-0.3, -0.25) is 0 Å². The first kappa shape index (κ1) is 14.2. The Bertz CT molecular complexity index is 266. The SMILES string of the molecule is CO[C@@H]1C(N)CC(N)CC1OC1CCC(CO)O1. The number of aliphatic hydroxyl groups is 1. The molecule has 1 heterocycles. The summed E-state index contributed by atoms with van der Waals surface area (Å²) in [6.07, 6.45) is 2.45. The Morgan fingerprint density at radius 2 is 2.06 bits per heavy atom. The number of nitrogens with two attached hydrogens (primary N) is 2. The molecule has 0 spiro atoms. The van der Waals surface area contributed by atoms with Gasteiger partial charge in [0, 0.05) is 25.6 Å². The summed E-state index contributed by atoms with van der Waals surface area (Å²) in [5, 5.41) is 9.03. The molecule has 0 aromatic carbocycles. The van der Waals surface area contributed by atoms with Crippen LogP contribution in [0.5, 0.6) is 0 Å². The molecule has 1 aliphatic heterocycles. The molecule has 1 saturated heterocycles. The highest BCUT2D eigenvalue weighted by Crippen LogP contribution is 2.28. The third kappa shape index (κ3) is 3.20. The molecule has 6 heteroatoms. The number of hydrogen-bond acceptors (Lipinski definition) is 6. The van der Waals surface area contributed by atoms with Crippen LogP contribution in [0.4, 0.5) is 0 Å². The molecule has 0 aromatic rings. The fourth-order valence-corrected chi connectivity index (χ4v) is 2.85. The van der Waals surface area contributed by atoms with Crippen molar-refractivity contribution >= 4 is 0 Å². The smallest absolute Gasteiger partial charge is 0.158 e. The van der Waals surface area contributed by atoms with Crippen molar-refractivity contribution in [3.8, 4) is 0 Å². The maximum atomic E-state index is 9.03. The number of methoxy groups -OCH3 is 1. The minimum absolute atomic E-state index is 0.0389. The van der Waals surface area contributed by atoms with Crippen LogP contribution >= 0.6 is 0 Å². The first-order valence-electron chi connectivity index (χ1n) is 6.59. The maximum absolute atomic E-state index is 9.03. The monoisotopic (exact) mass is 260 g/mol. The van der Waals surface area contributed by atoms with Gasteiger partial charge in [-0.2, -0.15) is 0 Å². The van der Waals surface area contributed by atoms with E-state index in [4.69, 9.17) is 30.8 Å². The summed E-state index contributed by atoms with van der Waals surface area (Å²) in [5.74, 6) is 0. The van der Waals surface area contributed by atoms with Gasteiger partial charge in [-0.15, -0.1) is 0 Å². The van der Waals surface area contributed by atoms with E-state index < -0.39 is 0 Å². The average Bonchev–Trinajstić information content (AvgIpc) is 2.76. The summed E-state index contributed by atoms with van der Waals surface area (Å²) in [6.45, 7) is 0.0389. The molecule has 2 aliphatic rings. The third-order valence-corrected chi connectivity index (χ3v) is 3.77. The van der Waals surface area contributed by atoms with Crippen molar-refractivity contribution in [2.75, 3.05) is 13.7 Å². The molecule has 1 saturated carbocycles. The van der Waals surface area contributed by atoms with Gasteiger partial charge in [-0.1, -0.05) is 0 Å². The van der Waals surface area contributed by atoms with Crippen LogP contribution in [-0.4, -0.2) is 55.5 Å². The average molecular weight is 260 g/mol. The van der Waals surface area contributed by atoms with Crippen LogP contribution in [0, 0.1) is 0 Å². The number of rotatable bonds is 4. The van der Waals surface area contributed by atoms with Crippen molar-refractivity contribution < 1.29 is 19.3 Å². The Labute approximate surface area is 108 Å². The van der Waals surface area contributed by atoms with Crippen LogP contribution in [0.1, 0.15) is 25.7 Å². The zero-order valence-corrected chi connectivity index (χ0v) is 10.8. The van der Waals surface area contributed by atoms with Gasteiger partial charge >= 0.3 is 0 Å². The van der Waals surface area contributed by atoms with Crippen LogP contribution in [0.3, 0.4) is 0 Å². The van der Waals surface area contributed by atoms with E-state index >= 15 is 0 Å². The molecule has 0 aromatic heterocycles. The summed E-state index contributed by atoms with van der Waals surface area (Å²) in [4.78, 5) is 0. The standard InChI is InChI=1S/C12H24N2O4/c1-16-12-9(14)4-7(13)5-10(12)18-11-3-2-8(6-15)17-11/h7-12,15H,2-6,13-14H2,1H3/t7?,8?,9?,10?,11?,12-/m1/s1. The topological polar surface area (TPSA) is 100.0 Å². The van der Waals surface area contributed by atoms with E-state index in [0.29, 0.717) is 0 Å². The molecule has 1 aliphatic carbocycles. The normalized spacial score (nSPS) is 45.3. The lowest BCUT2D eigenvalue weighted by Gasteiger charge is -2.38. The van der Waals surface area contributed by atoms with Crippen LogP contribution < -0.4 is 11.5 Å². The molecular weight excluding hydrogens is 236 g/mol. The molecule has 6 atom stereocenters. The van der Waals surface area contributed by atoms with Crippen LogP contribution in [0.15, 0.2) is 0 Å². The van der Waals surface area contributed by atoms with E-state index in [9.17, 15) is 0 Å². The van der Waals surface area contributed by atoms with E-state index in [1.54, 1.807) is 7.11 Å². The van der Waals surface area contributed by atoms with Crippen LogP contribution in [0.2, 0.25) is 0 Å². The second-order valence-electron chi connectivity index (χ2n) is 5.22. The molecule has 0 amide bonds. The van der Waals surface area contributed by atoms with Gasteiger partial charge in [0.15, 0.2) is 6.29 Å². The number of hydrogen-bond donors (Lipinski definition) is 3. The zero-order chi connectivity index (χ0) is 13.1. The molecule has 2 fully saturated rings. The fraction of sp³-hybridized carbons (Fsp3) is 1.00. The van der Waals surface area contributed by atoms with Gasteiger partial charge in [-0.25, -0.2) is 0 Å². The van der Waals surface area contributed by atoms with Crippen molar-refractivity contribution in [3.05, 3.63) is 0 Å². The largest absolute Gasteiger partial charge is 0.394 e. The molecule has 5 unspecified atom stereocenters. The molecular formula is C12H24N2O4. The number of aliphatic hydroxyl groups excluding tert-OH is 1. The van der Waals surface area contributed by atoms with E-state index in [1.807, 2.05) is 0 Å². The predicted molar refractivity (Wildman–Crippen MR) is 65.8 cm³/mol. The minimum atomic E-state index is -0.276. The van der Waals surface area contributed by atoms with Gasteiger partial charge in [0.25, 0.3) is 0 Å². The first-order chi connectivity index (χ1) is 8.63. The van der Waals surface area contributed by atoms with Crippen LogP contribution in [0.25, 0.3) is 0 Å². The molecule has 5 N–H and O–H groups in total. The fourth-order valence-electron chi connectivity index (χ4n) is 2.85. The van der Waals surface area contributed by atoms with Gasteiger partial charge in [0.1, 0.15) is 0 Å². The van der Waals surface area contributed by atoms with Gasteiger partial charge in [0.2, 0.25) is 0 Å². The van der Waals surface area contributed by atoms with E-state index in [0.717, 1.165) is 25.7 Å². The van der Waals surface area contributed by atoms with E-state index in [1.165, 1.54) is 0 Å². The molecule has 2 rings (SSSR count). The summed E-state index contributed by atoms with van der Waals surface area (Å²) in [7, 11) is 1.64. The lowest BCUT2D eigenvalue weighted by molar-refractivity contribution is -0.202. The Morgan fingerprint density at radius 1 is 1.28 bits per heavy atom. The lowest BCUT2D eigenvalue weighted by Crippen LogP contribution is -2.55. The number of ether oxygens (including phenoxy) is 3. The van der Waals surface area contributed by atoms with Crippen LogP contribution in [-0.2, 0) is 14.2 Å². The molecule has 0 bridgehead atoms. The molecule has 106 valence electrons. The van der Waals surface area contributed by atoms with Gasteiger partial charge < -0.3 is 30.8 Å². The second-order valence-corrected chi connectivity index (χ2v) is 5.22. The highest BCUT2D eigenvalue weighted by Gasteiger charge is 2.38. The van der Waals surface area contributed by atoms with Crippen molar-refractivity contribution in [2.24, 2.45) is 11.5 Å². The first-order valence-corrected chi connectivity index (χ1v) is 6.59. The zero-order valence-electron chi connectivity index (χ0n) is 10.8. The van der Waals surface area contributed by atoms with Crippen molar-refractivity contribution in [1.82, 2.24) is 0 Å². The Kier molecular flexibility index (Phi) is 4.94. The molecule has 6 nitrogen and oxygen atoms in total. The predicted octanol–water partition coefficient (Wildman–Crippen LogP) is -0.668. The third-order valence-electron chi connectivity index (χ3n) is 3.77. The minimum Gasteiger partial charge on any atom is -0.394 e. The quantitative estimate of drug-likeness (QED) is 0.620. The van der Waals surface area contributed by atoms with Crippen molar-refractivity contribution in [2.45, 2.75) is 62.4 Å². The maximum Gasteiger partial charge on any atom is 0.158 e. The highest BCUT2D eigenvalue weighted by atomic mass is 16.7. The lowest BCUT2D eigenvalue weighted by atomic mass is 9.87. The van der Waals surface area contributed by atoms with Gasteiger partial charge in [0.05, 0.1) is 24.9 Å². The van der Waals surface area contributed by atoms with Crippen molar-refractivity contribution in [1.29, 1.82) is 0 Å². The molecule has 18 heavy (non-hydrogen) atoms. The molecule has 0 radical (unpaired) electrons.